The number of amides is 2. The number of thioether (sulfide) groups is 1. The predicted octanol–water partition coefficient (Wildman–Crippen LogP) is 4.33. The van der Waals surface area contributed by atoms with Crippen LogP contribution in [0.2, 0.25) is 0 Å². The smallest absolute Gasteiger partial charge is 0.271 e. The third-order valence-electron chi connectivity index (χ3n) is 5.24. The maximum Gasteiger partial charge on any atom is 0.271 e. The number of nitrogens with zero attached hydrogens (tertiary/aromatic N) is 3. The van der Waals surface area contributed by atoms with Crippen molar-refractivity contribution in [1.29, 1.82) is 0 Å². The molecular formula is C22H22N4O4S. The summed E-state index contributed by atoms with van der Waals surface area (Å²) in [7, 11) is 0. The molecule has 1 atom stereocenters. The number of aliphatic imine (C=N–C) groups is 1. The molecule has 9 heteroatoms. The Morgan fingerprint density at radius 3 is 2.55 bits per heavy atom. The van der Waals surface area contributed by atoms with Crippen LogP contribution in [0.3, 0.4) is 0 Å². The summed E-state index contributed by atoms with van der Waals surface area (Å²) in [5.41, 5.74) is 3.14. The minimum atomic E-state index is -0.567. The normalized spacial score (nSPS) is 19.7. The molecule has 2 aromatic carbocycles. The first-order chi connectivity index (χ1) is 14.8. The maximum atomic E-state index is 13.0. The third-order valence-corrected chi connectivity index (χ3v) is 6.39. The summed E-state index contributed by atoms with van der Waals surface area (Å²) >= 11 is 1.31. The largest absolute Gasteiger partial charge is 0.326 e. The molecule has 1 heterocycles. The highest BCUT2D eigenvalue weighted by Gasteiger charge is 2.46. The number of non-ortho nitro benzene ring substituents is 1. The average molecular weight is 439 g/mol. The number of nitro groups is 1. The molecule has 0 bridgehead atoms. The Morgan fingerprint density at radius 1 is 1.23 bits per heavy atom. The molecule has 0 spiro atoms. The second-order valence-electron chi connectivity index (χ2n) is 7.74. The fourth-order valence-corrected chi connectivity index (χ4v) is 4.72. The SMILES string of the molecule is Cc1cccc(C)c1N=C1S[C@@H](CC(=O)Nc2cccc([N+](=O)[O-])c2)C(=O)N1C1CC1. The summed E-state index contributed by atoms with van der Waals surface area (Å²) in [6, 6.07) is 11.8. The Balaban J connectivity index is 1.51. The minimum absolute atomic E-state index is 0.0266. The standard InChI is InChI=1S/C22H22N4O4S/c1-13-5-3-6-14(2)20(13)24-22-25(16-9-10-16)21(28)18(31-22)12-19(27)23-15-7-4-8-17(11-15)26(29)30/h3-8,11,16,18H,9-10,12H2,1-2H3,(H,23,27)/t18-/m0/s1. The lowest BCUT2D eigenvalue weighted by Crippen LogP contribution is -2.35. The molecule has 2 aliphatic rings. The lowest BCUT2D eigenvalue weighted by molar-refractivity contribution is -0.384. The number of hydrogen-bond donors (Lipinski definition) is 1. The number of carbonyl (C=O) groups is 2. The summed E-state index contributed by atoms with van der Waals surface area (Å²) in [6.45, 7) is 3.97. The van der Waals surface area contributed by atoms with Gasteiger partial charge in [0.25, 0.3) is 5.69 Å². The van der Waals surface area contributed by atoms with E-state index in [4.69, 9.17) is 4.99 Å². The molecule has 1 saturated carbocycles. The molecule has 1 N–H and O–H groups in total. The third kappa shape index (κ3) is 4.61. The Morgan fingerprint density at radius 2 is 1.90 bits per heavy atom. The Bertz CT molecular complexity index is 1080. The molecule has 1 aliphatic heterocycles. The average Bonchev–Trinajstić information content (AvgIpc) is 3.50. The summed E-state index contributed by atoms with van der Waals surface area (Å²) in [5.74, 6) is -0.470. The Labute approximate surface area is 183 Å². The fourth-order valence-electron chi connectivity index (χ4n) is 3.52. The van der Waals surface area contributed by atoms with Crippen LogP contribution in [0, 0.1) is 24.0 Å². The number of aryl methyl sites for hydroxylation is 2. The van der Waals surface area contributed by atoms with Crippen molar-refractivity contribution in [1.82, 2.24) is 4.90 Å². The topological polar surface area (TPSA) is 105 Å². The van der Waals surface area contributed by atoms with E-state index in [1.807, 2.05) is 32.0 Å². The van der Waals surface area contributed by atoms with Gasteiger partial charge in [-0.1, -0.05) is 36.0 Å². The molecule has 2 aromatic rings. The van der Waals surface area contributed by atoms with Crippen molar-refractivity contribution < 1.29 is 14.5 Å². The molecule has 4 rings (SSSR count). The quantitative estimate of drug-likeness (QED) is 0.534. The first-order valence-electron chi connectivity index (χ1n) is 10.0. The molecule has 2 fully saturated rings. The zero-order valence-corrected chi connectivity index (χ0v) is 18.0. The Kier molecular flexibility index (Phi) is 5.77. The van der Waals surface area contributed by atoms with Gasteiger partial charge in [0.1, 0.15) is 5.25 Å². The van der Waals surface area contributed by atoms with E-state index in [0.717, 1.165) is 29.7 Å². The van der Waals surface area contributed by atoms with Gasteiger partial charge in [0, 0.05) is 30.3 Å². The molecular weight excluding hydrogens is 416 g/mol. The lowest BCUT2D eigenvalue weighted by Gasteiger charge is -2.16. The van der Waals surface area contributed by atoms with Crippen molar-refractivity contribution in [2.45, 2.75) is 44.4 Å². The van der Waals surface area contributed by atoms with Crippen LogP contribution in [0.1, 0.15) is 30.4 Å². The molecule has 8 nitrogen and oxygen atoms in total. The summed E-state index contributed by atoms with van der Waals surface area (Å²) in [4.78, 5) is 42.5. The number of hydrogen-bond acceptors (Lipinski definition) is 6. The van der Waals surface area contributed by atoms with E-state index in [0.29, 0.717) is 10.9 Å². The zero-order valence-electron chi connectivity index (χ0n) is 17.2. The van der Waals surface area contributed by atoms with Crippen LogP contribution < -0.4 is 5.32 Å². The number of amidine groups is 1. The highest BCUT2D eigenvalue weighted by molar-refractivity contribution is 8.15. The zero-order chi connectivity index (χ0) is 22.1. The van der Waals surface area contributed by atoms with Gasteiger partial charge in [-0.2, -0.15) is 0 Å². The van der Waals surface area contributed by atoms with Gasteiger partial charge in [0.15, 0.2) is 5.17 Å². The number of carbonyl (C=O) groups excluding carboxylic acids is 2. The van der Waals surface area contributed by atoms with Gasteiger partial charge >= 0.3 is 0 Å². The molecule has 0 unspecified atom stereocenters. The molecule has 1 aliphatic carbocycles. The first kappa shape index (κ1) is 21.0. The summed E-state index contributed by atoms with van der Waals surface area (Å²) in [5, 5.41) is 13.7. The highest BCUT2D eigenvalue weighted by atomic mass is 32.2. The molecule has 2 amide bonds. The van der Waals surface area contributed by atoms with Gasteiger partial charge in [-0.05, 0) is 43.9 Å². The van der Waals surface area contributed by atoms with Crippen LogP contribution >= 0.6 is 11.8 Å². The molecule has 1 saturated heterocycles. The number of anilines is 1. The lowest BCUT2D eigenvalue weighted by atomic mass is 10.1. The van der Waals surface area contributed by atoms with Crippen LogP contribution in [0.4, 0.5) is 17.1 Å². The van der Waals surface area contributed by atoms with Crippen LogP contribution in [0.15, 0.2) is 47.5 Å². The predicted molar refractivity (Wildman–Crippen MR) is 121 cm³/mol. The van der Waals surface area contributed by atoms with E-state index in [1.165, 1.54) is 30.0 Å². The Hall–Kier alpha value is -3.20. The molecule has 0 radical (unpaired) electrons. The van der Waals surface area contributed by atoms with Crippen LogP contribution in [-0.2, 0) is 9.59 Å². The van der Waals surface area contributed by atoms with Crippen LogP contribution in [-0.4, -0.2) is 38.1 Å². The van der Waals surface area contributed by atoms with Crippen molar-refractivity contribution >= 4 is 45.8 Å². The summed E-state index contributed by atoms with van der Waals surface area (Å²) in [6.07, 6.45) is 1.84. The van der Waals surface area contributed by atoms with Crippen molar-refractivity contribution in [2.24, 2.45) is 4.99 Å². The van der Waals surface area contributed by atoms with Crippen LogP contribution in [0.5, 0.6) is 0 Å². The number of rotatable bonds is 6. The summed E-state index contributed by atoms with van der Waals surface area (Å²) < 4.78 is 0. The van der Waals surface area contributed by atoms with Crippen molar-refractivity contribution in [3.63, 3.8) is 0 Å². The van der Waals surface area contributed by atoms with E-state index in [2.05, 4.69) is 5.32 Å². The van der Waals surface area contributed by atoms with Gasteiger partial charge in [0.2, 0.25) is 11.8 Å². The molecule has 0 aromatic heterocycles. The van der Waals surface area contributed by atoms with Crippen molar-refractivity contribution in [2.75, 3.05) is 5.32 Å². The van der Waals surface area contributed by atoms with E-state index >= 15 is 0 Å². The first-order valence-corrected chi connectivity index (χ1v) is 10.9. The van der Waals surface area contributed by atoms with E-state index < -0.39 is 10.2 Å². The van der Waals surface area contributed by atoms with Gasteiger partial charge in [-0.15, -0.1) is 0 Å². The maximum absolute atomic E-state index is 13.0. The van der Waals surface area contributed by atoms with E-state index in [-0.39, 0.29) is 30.0 Å². The monoisotopic (exact) mass is 438 g/mol. The van der Waals surface area contributed by atoms with Crippen molar-refractivity contribution in [3.05, 3.63) is 63.7 Å². The fraction of sp³-hybridized carbons (Fsp3) is 0.318. The van der Waals surface area contributed by atoms with E-state index in [1.54, 1.807) is 11.0 Å². The van der Waals surface area contributed by atoms with Gasteiger partial charge in [-0.25, -0.2) is 4.99 Å². The number of nitro benzene ring substituents is 1. The highest BCUT2D eigenvalue weighted by Crippen LogP contribution is 2.40. The van der Waals surface area contributed by atoms with Crippen LogP contribution in [0.25, 0.3) is 0 Å². The van der Waals surface area contributed by atoms with Gasteiger partial charge in [0.05, 0.1) is 10.6 Å². The molecule has 160 valence electrons. The number of benzene rings is 2. The minimum Gasteiger partial charge on any atom is -0.326 e. The van der Waals surface area contributed by atoms with Gasteiger partial charge < -0.3 is 5.32 Å². The second kappa shape index (κ2) is 8.50. The number of nitrogens with one attached hydrogen (secondary N) is 1. The number of para-hydroxylation sites is 1. The van der Waals surface area contributed by atoms with Gasteiger partial charge in [-0.3, -0.25) is 24.6 Å². The second-order valence-corrected chi connectivity index (χ2v) is 8.91. The van der Waals surface area contributed by atoms with E-state index in [9.17, 15) is 19.7 Å². The molecule has 31 heavy (non-hydrogen) atoms. The van der Waals surface area contributed by atoms with Crippen molar-refractivity contribution in [3.8, 4) is 0 Å².